The third-order valence-corrected chi connectivity index (χ3v) is 9.44. The quantitative estimate of drug-likeness (QED) is 0.205. The van der Waals surface area contributed by atoms with Gasteiger partial charge in [-0.25, -0.2) is 9.97 Å². The van der Waals surface area contributed by atoms with Gasteiger partial charge in [-0.05, 0) is 66.7 Å². The first-order valence-electron chi connectivity index (χ1n) is 14.9. The van der Waals surface area contributed by atoms with Gasteiger partial charge in [-0.2, -0.15) is 0 Å². The van der Waals surface area contributed by atoms with Crippen LogP contribution in [-0.2, 0) is 5.41 Å². The lowest BCUT2D eigenvalue weighted by Crippen LogP contribution is -2.14. The molecule has 0 aliphatic heterocycles. The van der Waals surface area contributed by atoms with Crippen molar-refractivity contribution in [1.29, 1.82) is 0 Å². The Morgan fingerprint density at radius 2 is 1.09 bits per heavy atom. The standard InChI is InChI=1S/C41H28N2/c1-41(2)34-14-7-6-13-30(34)31-20-19-29(23-35(31)41)36-24-37(43-40(42-36)28-9-4-3-5-10-28)32-21-17-27-16-15-25-11-8-12-26-18-22-33(32)39(27)38(25)26/h3-24H,1-2H3. The average Bonchev–Trinajstić information content (AvgIpc) is 3.29. The minimum Gasteiger partial charge on any atom is -0.228 e. The Morgan fingerprint density at radius 3 is 1.93 bits per heavy atom. The molecule has 1 aromatic heterocycles. The first-order chi connectivity index (χ1) is 21.1. The lowest BCUT2D eigenvalue weighted by molar-refractivity contribution is 0.660. The van der Waals surface area contributed by atoms with E-state index in [-0.39, 0.29) is 5.41 Å². The topological polar surface area (TPSA) is 25.8 Å². The van der Waals surface area contributed by atoms with E-state index in [1.54, 1.807) is 0 Å². The van der Waals surface area contributed by atoms with Gasteiger partial charge >= 0.3 is 0 Å². The van der Waals surface area contributed by atoms with Gasteiger partial charge in [-0.3, -0.25) is 0 Å². The molecule has 43 heavy (non-hydrogen) atoms. The number of benzene rings is 7. The van der Waals surface area contributed by atoms with Gasteiger partial charge in [0.1, 0.15) is 0 Å². The molecule has 0 amide bonds. The van der Waals surface area contributed by atoms with Crippen molar-refractivity contribution in [3.63, 3.8) is 0 Å². The summed E-state index contributed by atoms with van der Waals surface area (Å²) < 4.78 is 0. The molecule has 0 fully saturated rings. The van der Waals surface area contributed by atoms with Gasteiger partial charge in [0.2, 0.25) is 0 Å². The highest BCUT2D eigenvalue weighted by atomic mass is 14.9. The van der Waals surface area contributed by atoms with Gasteiger partial charge in [0.15, 0.2) is 5.82 Å². The molecule has 202 valence electrons. The molecule has 9 rings (SSSR count). The maximum atomic E-state index is 5.20. The summed E-state index contributed by atoms with van der Waals surface area (Å²) in [5.74, 6) is 0.738. The molecule has 8 aromatic rings. The Kier molecular flexibility index (Phi) is 4.99. The highest BCUT2D eigenvalue weighted by Crippen LogP contribution is 2.49. The Morgan fingerprint density at radius 1 is 0.442 bits per heavy atom. The van der Waals surface area contributed by atoms with E-state index in [2.05, 4.69) is 141 Å². The van der Waals surface area contributed by atoms with E-state index in [4.69, 9.17) is 9.97 Å². The molecule has 2 nitrogen and oxygen atoms in total. The van der Waals surface area contributed by atoms with Gasteiger partial charge in [0.25, 0.3) is 0 Å². The van der Waals surface area contributed by atoms with E-state index < -0.39 is 0 Å². The fourth-order valence-electron chi connectivity index (χ4n) is 7.27. The Hall–Kier alpha value is -5.34. The number of rotatable bonds is 3. The monoisotopic (exact) mass is 548 g/mol. The third-order valence-electron chi connectivity index (χ3n) is 9.44. The molecular formula is C41H28N2. The minimum absolute atomic E-state index is 0.0772. The second kappa shape index (κ2) is 8.83. The Balaban J connectivity index is 1.29. The maximum absolute atomic E-state index is 5.20. The summed E-state index contributed by atoms with van der Waals surface area (Å²) in [5, 5.41) is 7.62. The van der Waals surface area contributed by atoms with Crippen LogP contribution in [0.5, 0.6) is 0 Å². The molecule has 0 saturated heterocycles. The van der Waals surface area contributed by atoms with Crippen molar-refractivity contribution in [2.75, 3.05) is 0 Å². The summed E-state index contributed by atoms with van der Waals surface area (Å²) in [5.41, 5.74) is 10.4. The zero-order valence-corrected chi connectivity index (χ0v) is 24.1. The Labute approximate surface area is 250 Å². The van der Waals surface area contributed by atoms with Gasteiger partial charge < -0.3 is 0 Å². The van der Waals surface area contributed by atoms with E-state index in [0.717, 1.165) is 33.9 Å². The molecule has 1 aliphatic carbocycles. The number of nitrogens with zero attached hydrogens (tertiary/aromatic N) is 2. The van der Waals surface area contributed by atoms with Gasteiger partial charge in [0.05, 0.1) is 11.4 Å². The van der Waals surface area contributed by atoms with Crippen LogP contribution in [0, 0.1) is 0 Å². The second-order valence-corrected chi connectivity index (χ2v) is 12.2. The summed E-state index contributed by atoms with van der Waals surface area (Å²) in [6.45, 7) is 4.65. The van der Waals surface area contributed by atoms with Crippen molar-refractivity contribution < 1.29 is 0 Å². The molecule has 1 heterocycles. The first-order valence-corrected chi connectivity index (χ1v) is 14.9. The first kappa shape index (κ1) is 24.3. The highest BCUT2D eigenvalue weighted by Gasteiger charge is 2.35. The van der Waals surface area contributed by atoms with Crippen LogP contribution in [0.2, 0.25) is 0 Å². The molecule has 0 spiro atoms. The highest BCUT2D eigenvalue weighted by molar-refractivity contribution is 6.25. The van der Waals surface area contributed by atoms with Crippen LogP contribution in [0.4, 0.5) is 0 Å². The summed E-state index contributed by atoms with van der Waals surface area (Å²) in [6, 6.07) is 48.1. The minimum atomic E-state index is -0.0772. The third kappa shape index (κ3) is 3.53. The van der Waals surface area contributed by atoms with Crippen LogP contribution < -0.4 is 0 Å². The fourth-order valence-corrected chi connectivity index (χ4v) is 7.27. The van der Waals surface area contributed by atoms with Crippen LogP contribution in [0.3, 0.4) is 0 Å². The molecule has 0 unspecified atom stereocenters. The van der Waals surface area contributed by atoms with Gasteiger partial charge in [-0.15, -0.1) is 0 Å². The van der Waals surface area contributed by atoms with E-state index >= 15 is 0 Å². The number of fused-ring (bicyclic) bond motifs is 3. The second-order valence-electron chi connectivity index (χ2n) is 12.2. The molecule has 0 atom stereocenters. The average molecular weight is 549 g/mol. The van der Waals surface area contributed by atoms with E-state index in [0.29, 0.717) is 0 Å². The molecule has 7 aromatic carbocycles. The van der Waals surface area contributed by atoms with Crippen LogP contribution in [0.1, 0.15) is 25.0 Å². The molecular weight excluding hydrogens is 520 g/mol. The van der Waals surface area contributed by atoms with Crippen molar-refractivity contribution in [2.45, 2.75) is 19.3 Å². The number of hydrogen-bond acceptors (Lipinski definition) is 2. The molecule has 0 bridgehead atoms. The lowest BCUT2D eigenvalue weighted by Gasteiger charge is -2.22. The van der Waals surface area contributed by atoms with Crippen molar-refractivity contribution >= 4 is 32.3 Å². The zero-order valence-electron chi connectivity index (χ0n) is 24.1. The largest absolute Gasteiger partial charge is 0.228 e. The van der Waals surface area contributed by atoms with Crippen LogP contribution in [0.15, 0.2) is 133 Å². The summed E-state index contributed by atoms with van der Waals surface area (Å²) >= 11 is 0. The lowest BCUT2D eigenvalue weighted by atomic mass is 9.82. The maximum Gasteiger partial charge on any atom is 0.160 e. The predicted molar refractivity (Wildman–Crippen MR) is 180 cm³/mol. The van der Waals surface area contributed by atoms with E-state index in [9.17, 15) is 0 Å². The van der Waals surface area contributed by atoms with E-state index in [1.807, 2.05) is 6.07 Å². The predicted octanol–water partition coefficient (Wildman–Crippen LogP) is 10.7. The molecule has 0 N–H and O–H groups in total. The smallest absolute Gasteiger partial charge is 0.160 e. The number of hydrogen-bond donors (Lipinski definition) is 0. The number of aromatic nitrogens is 2. The van der Waals surface area contributed by atoms with Gasteiger partial charge in [-0.1, -0.05) is 135 Å². The van der Waals surface area contributed by atoms with Crippen molar-refractivity contribution in [1.82, 2.24) is 9.97 Å². The van der Waals surface area contributed by atoms with Gasteiger partial charge in [0, 0.05) is 22.1 Å². The van der Waals surface area contributed by atoms with Crippen molar-refractivity contribution in [3.8, 4) is 45.0 Å². The van der Waals surface area contributed by atoms with Crippen LogP contribution >= 0.6 is 0 Å². The van der Waals surface area contributed by atoms with Crippen LogP contribution in [-0.4, -0.2) is 9.97 Å². The summed E-state index contributed by atoms with van der Waals surface area (Å²) in [4.78, 5) is 10.4. The zero-order chi connectivity index (χ0) is 28.7. The summed E-state index contributed by atoms with van der Waals surface area (Å²) in [7, 11) is 0. The van der Waals surface area contributed by atoms with Crippen molar-refractivity contribution in [2.24, 2.45) is 0 Å². The fraction of sp³-hybridized carbons (Fsp3) is 0.0732. The normalized spacial score (nSPS) is 13.5. The van der Waals surface area contributed by atoms with Crippen molar-refractivity contribution in [3.05, 3.63) is 145 Å². The molecule has 0 saturated carbocycles. The molecule has 0 radical (unpaired) electrons. The SMILES string of the molecule is CC1(C)c2ccccc2-c2ccc(-c3cc(-c4ccc5ccc6cccc7ccc4c5c67)nc(-c4ccccc4)n3)cc21. The summed E-state index contributed by atoms with van der Waals surface area (Å²) in [6.07, 6.45) is 0. The molecule has 1 aliphatic rings. The Bertz CT molecular complexity index is 2350. The molecule has 2 heteroatoms. The van der Waals surface area contributed by atoms with E-state index in [1.165, 1.54) is 54.6 Å². The van der Waals surface area contributed by atoms with Crippen LogP contribution in [0.25, 0.3) is 77.3 Å².